The second-order valence-electron chi connectivity index (χ2n) is 2.61. The van der Waals surface area contributed by atoms with Crippen LogP contribution in [0.4, 0.5) is 22.0 Å². The fraction of sp³-hybridized carbons (Fsp3) is 0.250. The molecule has 15 heavy (non-hydrogen) atoms. The first-order valence-electron chi connectivity index (χ1n) is 3.65. The van der Waals surface area contributed by atoms with E-state index in [-0.39, 0.29) is 5.75 Å². The summed E-state index contributed by atoms with van der Waals surface area (Å²) in [5, 5.41) is 8.75. The van der Waals surface area contributed by atoms with Gasteiger partial charge in [-0.3, -0.25) is 0 Å². The summed E-state index contributed by atoms with van der Waals surface area (Å²) < 4.78 is 63.1. The first-order valence-corrected chi connectivity index (χ1v) is 3.65. The van der Waals surface area contributed by atoms with Crippen LogP contribution in [0.1, 0.15) is 0 Å². The number of phenolic OH excluding ortho intramolecular Hbond substituents is 1. The van der Waals surface area contributed by atoms with Crippen LogP contribution in [0.3, 0.4) is 0 Å². The summed E-state index contributed by atoms with van der Waals surface area (Å²) >= 11 is 0. The Morgan fingerprint density at radius 2 is 1.40 bits per heavy atom. The van der Waals surface area contributed by atoms with Crippen molar-refractivity contribution in [2.45, 2.75) is 12.3 Å². The fourth-order valence-corrected chi connectivity index (χ4v) is 0.720. The van der Waals surface area contributed by atoms with Gasteiger partial charge >= 0.3 is 12.3 Å². The Bertz CT molecular complexity index is 330. The predicted molar refractivity (Wildman–Crippen MR) is 39.7 cm³/mol. The number of benzene rings is 1. The Kier molecular flexibility index (Phi) is 2.74. The Labute approximate surface area is 80.9 Å². The molecule has 1 aromatic rings. The molecule has 0 aliphatic heterocycles. The highest BCUT2D eigenvalue weighted by Gasteiger charge is 2.61. The number of ether oxygens (including phenoxy) is 1. The normalized spacial score (nSPS) is 12.6. The molecule has 0 amide bonds. The molecule has 0 heterocycles. The summed E-state index contributed by atoms with van der Waals surface area (Å²) in [4.78, 5) is 0. The molecular formula is C8H5F5O2. The Morgan fingerprint density at radius 1 is 0.933 bits per heavy atom. The highest BCUT2D eigenvalue weighted by atomic mass is 19.4. The van der Waals surface area contributed by atoms with E-state index in [0.29, 0.717) is 0 Å². The maximum atomic E-state index is 12.3. The van der Waals surface area contributed by atoms with Crippen molar-refractivity contribution in [3.63, 3.8) is 0 Å². The van der Waals surface area contributed by atoms with Gasteiger partial charge in [0, 0.05) is 0 Å². The number of hydrogen-bond acceptors (Lipinski definition) is 2. The van der Waals surface area contributed by atoms with Crippen LogP contribution in [0.15, 0.2) is 24.3 Å². The summed E-state index contributed by atoms with van der Waals surface area (Å²) in [5.74, 6) is -0.951. The molecule has 1 aromatic carbocycles. The van der Waals surface area contributed by atoms with Crippen LogP contribution in [-0.2, 0) is 0 Å². The average Bonchev–Trinajstić information content (AvgIpc) is 2.06. The molecule has 2 nitrogen and oxygen atoms in total. The minimum absolute atomic E-state index is 0.266. The number of hydrogen-bond donors (Lipinski definition) is 1. The molecule has 0 aliphatic rings. The lowest BCUT2D eigenvalue weighted by molar-refractivity contribution is -0.360. The molecule has 1 N–H and O–H groups in total. The van der Waals surface area contributed by atoms with Crippen LogP contribution in [0.2, 0.25) is 0 Å². The van der Waals surface area contributed by atoms with Gasteiger partial charge in [0.2, 0.25) is 0 Å². The maximum Gasteiger partial charge on any atom is 0.499 e. The number of rotatable bonds is 2. The minimum atomic E-state index is -5.77. The van der Waals surface area contributed by atoms with E-state index in [1.807, 2.05) is 0 Å². The van der Waals surface area contributed by atoms with Gasteiger partial charge in [0.1, 0.15) is 11.5 Å². The maximum absolute atomic E-state index is 12.3. The molecule has 0 fully saturated rings. The van der Waals surface area contributed by atoms with Crippen molar-refractivity contribution in [2.24, 2.45) is 0 Å². The molecule has 0 saturated heterocycles. The monoisotopic (exact) mass is 228 g/mol. The van der Waals surface area contributed by atoms with Crippen molar-refractivity contribution >= 4 is 0 Å². The van der Waals surface area contributed by atoms with Crippen LogP contribution < -0.4 is 4.74 Å². The number of halogens is 5. The zero-order chi connectivity index (χ0) is 11.7. The highest BCUT2D eigenvalue weighted by Crippen LogP contribution is 2.37. The number of alkyl halides is 5. The minimum Gasteiger partial charge on any atom is -0.508 e. The van der Waals surface area contributed by atoms with Crippen molar-refractivity contribution in [1.82, 2.24) is 0 Å². The molecule has 0 aromatic heterocycles. The standard InChI is InChI=1S/C8H5F5O2/c9-7(10,11)8(12,13)15-6-3-1-5(14)2-4-6/h1-4,14H. The van der Waals surface area contributed by atoms with Crippen molar-refractivity contribution in [3.8, 4) is 11.5 Å². The first kappa shape index (κ1) is 11.5. The van der Waals surface area contributed by atoms with Crippen molar-refractivity contribution in [1.29, 1.82) is 0 Å². The SMILES string of the molecule is Oc1ccc(OC(F)(F)C(F)(F)F)cc1. The summed E-state index contributed by atoms with van der Waals surface area (Å²) in [6.45, 7) is 0. The van der Waals surface area contributed by atoms with Crippen molar-refractivity contribution in [3.05, 3.63) is 24.3 Å². The van der Waals surface area contributed by atoms with Crippen LogP contribution in [0.25, 0.3) is 0 Å². The van der Waals surface area contributed by atoms with E-state index < -0.39 is 18.0 Å². The van der Waals surface area contributed by atoms with Gasteiger partial charge in [0.25, 0.3) is 0 Å². The summed E-state index contributed by atoms with van der Waals surface area (Å²) in [6.07, 6.45) is -11.0. The molecule has 0 atom stereocenters. The van der Waals surface area contributed by atoms with Gasteiger partial charge in [0.15, 0.2) is 0 Å². The Morgan fingerprint density at radius 3 is 1.80 bits per heavy atom. The highest BCUT2D eigenvalue weighted by molar-refractivity contribution is 5.30. The molecule has 84 valence electrons. The molecule has 1 rings (SSSR count). The summed E-state index contributed by atoms with van der Waals surface area (Å²) in [6, 6.07) is 3.47. The summed E-state index contributed by atoms with van der Waals surface area (Å²) in [7, 11) is 0. The van der Waals surface area contributed by atoms with Gasteiger partial charge in [-0.2, -0.15) is 22.0 Å². The van der Waals surface area contributed by atoms with Gasteiger partial charge in [-0.05, 0) is 24.3 Å². The van der Waals surface area contributed by atoms with E-state index in [2.05, 4.69) is 4.74 Å². The smallest absolute Gasteiger partial charge is 0.499 e. The summed E-state index contributed by atoms with van der Waals surface area (Å²) in [5.41, 5.74) is 0. The molecule has 0 radical (unpaired) electrons. The van der Waals surface area contributed by atoms with Crippen LogP contribution >= 0.6 is 0 Å². The molecule has 0 saturated carbocycles. The van der Waals surface area contributed by atoms with Gasteiger partial charge in [-0.1, -0.05) is 0 Å². The molecular weight excluding hydrogens is 223 g/mol. The third-order valence-corrected chi connectivity index (χ3v) is 1.41. The third-order valence-electron chi connectivity index (χ3n) is 1.41. The molecule has 7 heteroatoms. The molecule has 0 spiro atoms. The van der Waals surface area contributed by atoms with Gasteiger partial charge in [-0.25, -0.2) is 0 Å². The van der Waals surface area contributed by atoms with Crippen molar-refractivity contribution in [2.75, 3.05) is 0 Å². The number of phenols is 1. The fourth-order valence-electron chi connectivity index (χ4n) is 0.720. The van der Waals surface area contributed by atoms with E-state index in [1.165, 1.54) is 0 Å². The van der Waals surface area contributed by atoms with Gasteiger partial charge < -0.3 is 9.84 Å². The molecule has 0 aliphatic carbocycles. The zero-order valence-corrected chi connectivity index (χ0v) is 7.05. The van der Waals surface area contributed by atoms with Crippen molar-refractivity contribution < 1.29 is 31.8 Å². The van der Waals surface area contributed by atoms with Crippen LogP contribution in [0.5, 0.6) is 11.5 Å². The third kappa shape index (κ3) is 2.71. The number of aromatic hydroxyl groups is 1. The topological polar surface area (TPSA) is 29.5 Å². The largest absolute Gasteiger partial charge is 0.508 e. The second-order valence-corrected chi connectivity index (χ2v) is 2.61. The molecule has 0 bridgehead atoms. The lowest BCUT2D eigenvalue weighted by Crippen LogP contribution is -2.41. The van der Waals surface area contributed by atoms with Crippen LogP contribution in [0, 0.1) is 0 Å². The lowest BCUT2D eigenvalue weighted by Gasteiger charge is -2.19. The van der Waals surface area contributed by atoms with Gasteiger partial charge in [0.05, 0.1) is 0 Å². The van der Waals surface area contributed by atoms with E-state index >= 15 is 0 Å². The first-order chi connectivity index (χ1) is 6.72. The average molecular weight is 228 g/mol. The van der Waals surface area contributed by atoms with E-state index in [4.69, 9.17) is 5.11 Å². The van der Waals surface area contributed by atoms with E-state index in [9.17, 15) is 22.0 Å². The molecule has 0 unspecified atom stereocenters. The van der Waals surface area contributed by atoms with Gasteiger partial charge in [-0.15, -0.1) is 0 Å². The zero-order valence-electron chi connectivity index (χ0n) is 7.05. The Balaban J connectivity index is 2.82. The van der Waals surface area contributed by atoms with E-state index in [1.54, 1.807) is 0 Å². The second kappa shape index (κ2) is 3.56. The quantitative estimate of drug-likeness (QED) is 0.788. The van der Waals surface area contributed by atoms with E-state index in [0.717, 1.165) is 24.3 Å². The lowest BCUT2D eigenvalue weighted by atomic mass is 10.3. The predicted octanol–water partition coefficient (Wildman–Crippen LogP) is 2.93. The Hall–Kier alpha value is -1.53. The van der Waals surface area contributed by atoms with Crippen LogP contribution in [-0.4, -0.2) is 17.4 Å².